The molecule has 3 unspecified atom stereocenters. The molecule has 3 N–H and O–H groups in total. The van der Waals surface area contributed by atoms with Gasteiger partial charge in [-0.2, -0.15) is 0 Å². The number of unbranched alkanes of at least 4 members (excludes halogenated alkanes) is 18. The summed E-state index contributed by atoms with van der Waals surface area (Å²) in [6, 6.07) is 0. The van der Waals surface area contributed by atoms with Crippen molar-refractivity contribution >= 4 is 19.8 Å². The van der Waals surface area contributed by atoms with E-state index in [1.807, 2.05) is 6.08 Å². The van der Waals surface area contributed by atoms with E-state index in [-0.39, 0.29) is 19.4 Å². The van der Waals surface area contributed by atoms with Crippen molar-refractivity contribution < 1.29 is 52.5 Å². The number of rotatable bonds is 42. The Labute approximate surface area is 358 Å². The molecule has 0 bridgehead atoms. The Morgan fingerprint density at radius 1 is 0.644 bits per heavy atom. The van der Waals surface area contributed by atoms with Crippen LogP contribution in [0.5, 0.6) is 0 Å². The van der Waals surface area contributed by atoms with E-state index in [4.69, 9.17) is 28.4 Å². The minimum atomic E-state index is -4.63. The van der Waals surface area contributed by atoms with Crippen LogP contribution in [0.1, 0.15) is 194 Å². The molecular formula is C47H85O11P. The Morgan fingerprint density at radius 3 is 1.75 bits per heavy atom. The molecule has 344 valence electrons. The number of carbonyl (C=O) groups excluding carboxylic acids is 2. The van der Waals surface area contributed by atoms with E-state index in [1.54, 1.807) is 0 Å². The van der Waals surface area contributed by atoms with E-state index in [0.29, 0.717) is 31.5 Å². The van der Waals surface area contributed by atoms with E-state index in [0.717, 1.165) is 50.9 Å². The van der Waals surface area contributed by atoms with Gasteiger partial charge in [0.25, 0.3) is 0 Å². The van der Waals surface area contributed by atoms with Crippen LogP contribution >= 0.6 is 7.82 Å². The number of hydrogen-bond donors (Lipinski definition) is 3. The summed E-state index contributed by atoms with van der Waals surface area (Å²) in [6.07, 6.45) is 40.0. The van der Waals surface area contributed by atoms with Crippen LogP contribution in [-0.2, 0) is 37.4 Å². The molecule has 0 spiro atoms. The van der Waals surface area contributed by atoms with Crippen LogP contribution in [0.4, 0.5) is 0 Å². The molecule has 59 heavy (non-hydrogen) atoms. The summed E-state index contributed by atoms with van der Waals surface area (Å²) < 4.78 is 38.5. The van der Waals surface area contributed by atoms with E-state index in [2.05, 4.69) is 51.2 Å². The molecule has 1 heterocycles. The number of aliphatic hydroxyl groups excluding tert-OH is 2. The smallest absolute Gasteiger partial charge is 0.462 e. The molecule has 5 atom stereocenters. The summed E-state index contributed by atoms with van der Waals surface area (Å²) in [5.74, 6) is -0.167. The zero-order chi connectivity index (χ0) is 43.2. The fraction of sp³-hybridized carbons (Fsp3) is 0.830. The number of allylic oxidation sites excluding steroid dienone is 4. The van der Waals surface area contributed by atoms with Gasteiger partial charge in [0.1, 0.15) is 12.7 Å². The highest BCUT2D eigenvalue weighted by atomic mass is 31.2. The number of carbonyl (C=O) groups is 2. The lowest BCUT2D eigenvalue weighted by molar-refractivity contribution is -0.161. The molecule has 12 heteroatoms. The molecule has 11 nitrogen and oxygen atoms in total. The van der Waals surface area contributed by atoms with E-state index < -0.39 is 51.8 Å². The number of ether oxygens (including phenoxy) is 3. The maximum Gasteiger partial charge on any atom is 0.472 e. The zero-order valence-electron chi connectivity index (χ0n) is 37.3. The van der Waals surface area contributed by atoms with Gasteiger partial charge in [-0.25, -0.2) is 4.57 Å². The van der Waals surface area contributed by atoms with Crippen LogP contribution in [0.2, 0.25) is 0 Å². The van der Waals surface area contributed by atoms with Crippen molar-refractivity contribution in [1.29, 1.82) is 0 Å². The number of hydrogen-bond acceptors (Lipinski definition) is 10. The van der Waals surface area contributed by atoms with Crippen LogP contribution < -0.4 is 0 Å². The van der Waals surface area contributed by atoms with Gasteiger partial charge in [0.05, 0.1) is 32.0 Å². The second-order valence-corrected chi connectivity index (χ2v) is 18.1. The lowest BCUT2D eigenvalue weighted by atomic mass is 10.0. The first-order valence-corrected chi connectivity index (χ1v) is 24.9. The predicted octanol–water partition coefficient (Wildman–Crippen LogP) is 11.6. The van der Waals surface area contributed by atoms with E-state index in [1.165, 1.54) is 96.3 Å². The second kappa shape index (κ2) is 37.9. The van der Waals surface area contributed by atoms with Crippen LogP contribution in [0.25, 0.3) is 0 Å². The van der Waals surface area contributed by atoms with Gasteiger partial charge >= 0.3 is 19.8 Å². The predicted molar refractivity (Wildman–Crippen MR) is 237 cm³/mol. The normalized spacial score (nSPS) is 17.6. The minimum Gasteiger partial charge on any atom is -0.462 e. The Hall–Kier alpha value is -1.85. The number of epoxide rings is 1. The van der Waals surface area contributed by atoms with Gasteiger partial charge < -0.3 is 29.3 Å². The molecule has 0 aromatic rings. The fourth-order valence-corrected chi connectivity index (χ4v) is 7.41. The van der Waals surface area contributed by atoms with Crippen molar-refractivity contribution in [2.75, 3.05) is 26.4 Å². The van der Waals surface area contributed by atoms with Crippen molar-refractivity contribution in [3.05, 3.63) is 36.5 Å². The van der Waals surface area contributed by atoms with Gasteiger partial charge in [0, 0.05) is 12.8 Å². The lowest BCUT2D eigenvalue weighted by Gasteiger charge is -2.20. The summed E-state index contributed by atoms with van der Waals surface area (Å²) in [4.78, 5) is 35.1. The standard InChI is InChI=1S/C47H85O11P/c1-4-5-6-7-23-28-33-44-45(58-44)34-29-24-19-17-21-25-30-35-46(50)54-39-43(40-56-59(52,53)55-38-42(49)37-48)57-47(51)36-31-26-20-16-14-12-10-8-9-11-13-15-18-22-27-32-41(2)3/h17,21,23-24,28-29,41-45,48-49H,4-16,18-20,22,25-27,30-40H2,1-3H3,(H,52,53)/b21-17-,28-23-,29-24-/t42-,43+,44?,45?/m0/s1. The second-order valence-electron chi connectivity index (χ2n) is 16.6. The topological polar surface area (TPSA) is 161 Å². The first kappa shape index (κ1) is 55.2. The molecule has 0 radical (unpaired) electrons. The molecule has 0 aromatic heterocycles. The molecule has 0 amide bonds. The summed E-state index contributed by atoms with van der Waals surface area (Å²) in [7, 11) is -4.63. The van der Waals surface area contributed by atoms with Gasteiger partial charge in [0.15, 0.2) is 6.10 Å². The summed E-state index contributed by atoms with van der Waals surface area (Å²) in [6.45, 7) is 4.64. The van der Waals surface area contributed by atoms with Crippen LogP contribution in [0, 0.1) is 5.92 Å². The zero-order valence-corrected chi connectivity index (χ0v) is 38.2. The van der Waals surface area contributed by atoms with Crippen molar-refractivity contribution in [2.45, 2.75) is 219 Å². The maximum absolute atomic E-state index is 12.6. The number of phosphoric ester groups is 1. The van der Waals surface area contributed by atoms with Crippen molar-refractivity contribution in [1.82, 2.24) is 0 Å². The highest BCUT2D eigenvalue weighted by molar-refractivity contribution is 7.47. The largest absolute Gasteiger partial charge is 0.472 e. The van der Waals surface area contributed by atoms with Crippen LogP contribution in [0.3, 0.4) is 0 Å². The Balaban J connectivity index is 2.25. The molecular weight excluding hydrogens is 771 g/mol. The maximum atomic E-state index is 12.6. The fourth-order valence-electron chi connectivity index (χ4n) is 6.62. The molecule has 1 aliphatic rings. The summed E-state index contributed by atoms with van der Waals surface area (Å²) >= 11 is 0. The Bertz CT molecular complexity index is 1160. The molecule has 1 aliphatic heterocycles. The average Bonchev–Trinajstić information content (AvgIpc) is 3.97. The minimum absolute atomic E-state index is 0.161. The summed E-state index contributed by atoms with van der Waals surface area (Å²) in [5.41, 5.74) is 0. The molecule has 1 rings (SSSR count). The first-order valence-electron chi connectivity index (χ1n) is 23.4. The SMILES string of the molecule is CCCCC/C=C\CC1OC1C/C=C\C/C=C\CCCC(=O)OC[C@H](COP(=O)(O)OC[C@@H](O)CO)OC(=O)CCCCCCCCCCCCCCCCCC(C)C. The van der Waals surface area contributed by atoms with Gasteiger partial charge in [0.2, 0.25) is 0 Å². The average molecular weight is 857 g/mol. The van der Waals surface area contributed by atoms with E-state index >= 15 is 0 Å². The monoisotopic (exact) mass is 857 g/mol. The van der Waals surface area contributed by atoms with Gasteiger partial charge in [-0.3, -0.25) is 18.6 Å². The summed E-state index contributed by atoms with van der Waals surface area (Å²) in [5, 5.41) is 18.4. The van der Waals surface area contributed by atoms with Gasteiger partial charge in [-0.1, -0.05) is 166 Å². The highest BCUT2D eigenvalue weighted by Crippen LogP contribution is 2.43. The van der Waals surface area contributed by atoms with Crippen LogP contribution in [0.15, 0.2) is 36.5 Å². The molecule has 0 saturated carbocycles. The molecule has 0 aliphatic carbocycles. The Morgan fingerprint density at radius 2 is 1.15 bits per heavy atom. The van der Waals surface area contributed by atoms with Crippen molar-refractivity contribution in [3.63, 3.8) is 0 Å². The highest BCUT2D eigenvalue weighted by Gasteiger charge is 2.36. The van der Waals surface area contributed by atoms with Gasteiger partial charge in [-0.15, -0.1) is 0 Å². The Kier molecular flexibility index (Phi) is 35.4. The van der Waals surface area contributed by atoms with Crippen molar-refractivity contribution in [3.8, 4) is 0 Å². The molecule has 1 saturated heterocycles. The number of esters is 2. The molecule has 0 aromatic carbocycles. The lowest BCUT2D eigenvalue weighted by Crippen LogP contribution is -2.29. The molecule has 1 fully saturated rings. The third-order valence-electron chi connectivity index (χ3n) is 10.4. The third-order valence-corrected chi connectivity index (χ3v) is 11.3. The van der Waals surface area contributed by atoms with Crippen LogP contribution in [-0.4, -0.2) is 77.9 Å². The number of aliphatic hydroxyl groups is 2. The third kappa shape index (κ3) is 36.5. The van der Waals surface area contributed by atoms with Gasteiger partial charge in [-0.05, 0) is 57.3 Å². The first-order chi connectivity index (χ1) is 28.6. The quantitative estimate of drug-likeness (QED) is 0.0176. The number of phosphoric acid groups is 1. The van der Waals surface area contributed by atoms with Crippen molar-refractivity contribution in [2.24, 2.45) is 5.92 Å². The van der Waals surface area contributed by atoms with E-state index in [9.17, 15) is 24.2 Å².